The lowest BCUT2D eigenvalue weighted by Crippen LogP contribution is -2.59. The Labute approximate surface area is 587 Å². The molecule has 0 bridgehead atoms. The number of Topliss-reactive ketones (excluding diaryl/α,β-unsaturated/α-hetero) is 1. The molecule has 0 saturated carbocycles. The number of aliphatic hydroxyl groups is 1. The molecule has 10 atom stereocenters. The molecular weight excluding hydrogens is 1320 g/mol. The zero-order valence-corrected chi connectivity index (χ0v) is 62.4. The molecule has 1 saturated heterocycles. The SMILES string of the molecule is C=CCOC(=O)C[C@@H](NC(=O)[C@H]1CSC2=C(C[C@@H](NC(=O)[C@@H](NC(=O)OCC3c4ccccc4-c4ccccc43)[C@@H](C)[C@H](CO[Si](C)(C)C(C)(C)C)O[Si](C)(C)C(C)(C)C)C(=O)CCC(=O)N[C@@H]([C@@H](C)CC)C(=O)NCC(=O)N1)c1ccc(OC)cc1C2)C(=O)N1C[C@H](O)C[C@H]1C(=O)O. The number of β-amino-alcohol motifs (C(OH)–C–C–N with tert-alkyl or cyclic N) is 1. The molecule has 0 spiro atoms. The van der Waals surface area contributed by atoms with E-state index in [1.165, 1.54) is 13.2 Å². The maximum Gasteiger partial charge on any atom is 0.407 e. The number of methoxy groups -OCH3 is 1. The first-order valence-electron chi connectivity index (χ1n) is 33.9. The summed E-state index contributed by atoms with van der Waals surface area (Å²) in [4.78, 5) is 145. The summed E-state index contributed by atoms with van der Waals surface area (Å²) in [5, 5.41) is 36.5. The maximum atomic E-state index is 15.9. The number of nitrogens with zero attached hydrogens (tertiary/aromatic N) is 1. The van der Waals surface area contributed by atoms with E-state index in [2.05, 4.69) is 106 Å². The van der Waals surface area contributed by atoms with Crippen LogP contribution in [0.5, 0.6) is 5.75 Å². The number of rotatable bonds is 23. The number of allylic oxidation sites excluding steroid dienone is 1. The molecule has 27 heteroatoms. The van der Waals surface area contributed by atoms with E-state index in [1.54, 1.807) is 39.0 Å². The molecule has 7 rings (SSSR count). The lowest BCUT2D eigenvalue weighted by Gasteiger charge is -2.44. The fraction of sp³-hybridized carbons (Fsp3) is 0.556. The first-order valence-corrected chi connectivity index (χ1v) is 40.7. The molecule has 24 nitrogen and oxygen atoms in total. The quantitative estimate of drug-likeness (QED) is 0.0256. The molecule has 1 fully saturated rings. The van der Waals surface area contributed by atoms with E-state index in [4.69, 9.17) is 23.1 Å². The van der Waals surface area contributed by atoms with Crippen LogP contribution < -0.4 is 36.6 Å². The highest BCUT2D eigenvalue weighted by Gasteiger charge is 2.47. The van der Waals surface area contributed by atoms with E-state index >= 15 is 9.59 Å². The van der Waals surface area contributed by atoms with Gasteiger partial charge in [-0.25, -0.2) is 9.59 Å². The first kappa shape index (κ1) is 78.6. The van der Waals surface area contributed by atoms with Crippen molar-refractivity contribution in [2.45, 2.75) is 198 Å². The average Bonchev–Trinajstić information content (AvgIpc) is 1.64. The fourth-order valence-corrected chi connectivity index (χ4v) is 15.6. The van der Waals surface area contributed by atoms with Gasteiger partial charge in [0, 0.05) is 56.2 Å². The van der Waals surface area contributed by atoms with Crippen molar-refractivity contribution in [3.8, 4) is 16.9 Å². The number of carboxylic acids is 1. The van der Waals surface area contributed by atoms with E-state index in [0.717, 1.165) is 44.5 Å². The number of ether oxygens (including phenoxy) is 3. The van der Waals surface area contributed by atoms with Crippen molar-refractivity contribution in [3.05, 3.63) is 107 Å². The zero-order valence-electron chi connectivity index (χ0n) is 59.6. The fourth-order valence-electron chi connectivity index (χ4n) is 12.0. The highest BCUT2D eigenvalue weighted by Crippen LogP contribution is 2.46. The number of thioether (sulfide) groups is 1. The summed E-state index contributed by atoms with van der Waals surface area (Å²) in [5.41, 5.74) is 5.84. The number of hydrogen-bond acceptors (Lipinski definition) is 17. The van der Waals surface area contributed by atoms with Crippen LogP contribution in [0.4, 0.5) is 4.79 Å². The Morgan fingerprint density at radius 3 is 2.09 bits per heavy atom. The third-order valence-corrected chi connectivity index (χ3v) is 30.5. The number of carbonyl (C=O) groups is 10. The van der Waals surface area contributed by atoms with Gasteiger partial charge in [0.2, 0.25) is 35.4 Å². The summed E-state index contributed by atoms with van der Waals surface area (Å²) >= 11 is 1.09. The van der Waals surface area contributed by atoms with Gasteiger partial charge in [-0.15, -0.1) is 11.8 Å². The van der Waals surface area contributed by atoms with Gasteiger partial charge >= 0.3 is 18.0 Å². The van der Waals surface area contributed by atoms with Crippen LogP contribution in [0.25, 0.3) is 16.7 Å². The molecular formula is C72H101N7O17SSi2. The van der Waals surface area contributed by atoms with E-state index < -0.39 is 169 Å². The number of nitrogens with one attached hydrogen (secondary N) is 6. The number of ketones is 1. The van der Waals surface area contributed by atoms with Gasteiger partial charge in [-0.3, -0.25) is 38.4 Å². The zero-order chi connectivity index (χ0) is 73.1. The molecule has 540 valence electrons. The van der Waals surface area contributed by atoms with Gasteiger partial charge in [-0.2, -0.15) is 0 Å². The van der Waals surface area contributed by atoms with Crippen molar-refractivity contribution in [3.63, 3.8) is 0 Å². The largest absolute Gasteiger partial charge is 0.497 e. The number of esters is 1. The second kappa shape index (κ2) is 33.6. The predicted octanol–water partition coefficient (Wildman–Crippen LogP) is 7.67. The molecule has 8 N–H and O–H groups in total. The first-order chi connectivity index (χ1) is 46.5. The van der Waals surface area contributed by atoms with Crippen LogP contribution in [-0.4, -0.2) is 185 Å². The minimum Gasteiger partial charge on any atom is -0.497 e. The summed E-state index contributed by atoms with van der Waals surface area (Å²) in [6, 6.07) is 12.1. The molecule has 2 heterocycles. The van der Waals surface area contributed by atoms with Crippen LogP contribution in [0.3, 0.4) is 0 Å². The highest BCUT2D eigenvalue weighted by molar-refractivity contribution is 8.03. The summed E-state index contributed by atoms with van der Waals surface area (Å²) in [7, 11) is -3.74. The molecule has 2 aliphatic carbocycles. The van der Waals surface area contributed by atoms with E-state index in [1.807, 2.05) is 48.5 Å². The number of benzene rings is 3. The van der Waals surface area contributed by atoms with Gasteiger partial charge < -0.3 is 70.1 Å². The Bertz CT molecular complexity index is 3510. The lowest BCUT2D eigenvalue weighted by molar-refractivity contribution is -0.151. The number of alkyl carbamates (subject to hydrolysis) is 1. The lowest BCUT2D eigenvalue weighted by atomic mass is 9.92. The number of aliphatic carboxylic acids is 1. The van der Waals surface area contributed by atoms with E-state index in [9.17, 15) is 48.6 Å². The minimum absolute atomic E-state index is 0.0493. The summed E-state index contributed by atoms with van der Waals surface area (Å²) < 4.78 is 31.2. The third-order valence-electron chi connectivity index (χ3n) is 20.2. The van der Waals surface area contributed by atoms with Gasteiger partial charge in [-0.05, 0) is 98.2 Å². The van der Waals surface area contributed by atoms with Crippen LogP contribution >= 0.6 is 11.8 Å². The Hall–Kier alpha value is -7.70. The molecule has 3 aromatic carbocycles. The molecule has 99 heavy (non-hydrogen) atoms. The van der Waals surface area contributed by atoms with Crippen molar-refractivity contribution in [2.75, 3.05) is 45.8 Å². The van der Waals surface area contributed by atoms with Crippen LogP contribution in [0.1, 0.15) is 129 Å². The van der Waals surface area contributed by atoms with Gasteiger partial charge in [-0.1, -0.05) is 136 Å². The van der Waals surface area contributed by atoms with Gasteiger partial charge in [0.15, 0.2) is 22.4 Å². The van der Waals surface area contributed by atoms with Gasteiger partial charge in [0.1, 0.15) is 49.2 Å². The van der Waals surface area contributed by atoms with Crippen molar-refractivity contribution in [1.29, 1.82) is 0 Å². The molecule has 0 unspecified atom stereocenters. The smallest absolute Gasteiger partial charge is 0.407 e. The standard InChI is InChI=1S/C72H101N7O17SSi2/c1-16-30-93-62(84)35-54(68(88)79-37-44(80)33-56(79)69(89)90)76-65(85)55-40-97-59-32-43-31-45(92-11)26-27-46(43)51(59)34-53(57(81)28-29-60(82)77-63(41(3)17-2)66(86)73-36-61(83)74-55)75-67(87)64(42(4)58(96-99(14,15)72(8,9)10)39-95-98(12,13)71(5,6)7)78-70(91)94-38-52-49-24-20-18-22-47(49)48-23-19-21-25-50(48)52/h16,18-27,31,41-42,44,52-56,58,63-64,80H,1,17,28-30,32-40H2,2-15H3,(H,73,86)(H,74,83)(H,75,87)(H,76,85)(H,77,82)(H,78,91)(H,89,90)/t41-,42-,44+,53+,54+,55+,56-,58-,63-,64-/m0/s1. The Morgan fingerprint density at radius 1 is 0.838 bits per heavy atom. The number of likely N-dealkylation sites (tertiary alicyclic amines) is 1. The number of carboxylic acid groups (broad SMARTS) is 1. The van der Waals surface area contributed by atoms with Gasteiger partial charge in [0.05, 0.1) is 44.9 Å². The maximum absolute atomic E-state index is 15.9. The van der Waals surface area contributed by atoms with Crippen molar-refractivity contribution >= 4 is 93.2 Å². The average molecular weight is 1420 g/mol. The van der Waals surface area contributed by atoms with Crippen LogP contribution in [-0.2, 0) is 67.9 Å². The second-order valence-corrected chi connectivity index (χ2v) is 39.9. The Kier molecular flexibility index (Phi) is 26.7. The Balaban J connectivity index is 1.32. The Morgan fingerprint density at radius 2 is 1.48 bits per heavy atom. The number of fused-ring (bicyclic) bond motifs is 5. The highest BCUT2D eigenvalue weighted by atomic mass is 32.2. The van der Waals surface area contributed by atoms with Crippen molar-refractivity contribution < 1.29 is 81.2 Å². The van der Waals surface area contributed by atoms with Crippen molar-refractivity contribution in [1.82, 2.24) is 36.8 Å². The molecule has 7 amide bonds. The third kappa shape index (κ3) is 19.9. The number of hydrogen-bond donors (Lipinski definition) is 8. The summed E-state index contributed by atoms with van der Waals surface area (Å²) in [6.45, 7) is 28.4. The van der Waals surface area contributed by atoms with Crippen molar-refractivity contribution in [2.24, 2.45) is 11.8 Å². The van der Waals surface area contributed by atoms with E-state index in [-0.39, 0.29) is 60.8 Å². The molecule has 3 aromatic rings. The number of amides is 7. The molecule has 4 aliphatic rings. The van der Waals surface area contributed by atoms with Crippen LogP contribution in [0.15, 0.2) is 84.3 Å². The number of carbonyl (C=O) groups excluding carboxylic acids is 9. The number of aliphatic hydroxyl groups excluding tert-OH is 1. The van der Waals surface area contributed by atoms with Gasteiger partial charge in [0.25, 0.3) is 0 Å². The molecule has 0 aromatic heterocycles. The summed E-state index contributed by atoms with van der Waals surface area (Å²) in [5.74, 6) is -9.67. The van der Waals surface area contributed by atoms with Crippen LogP contribution in [0, 0.1) is 11.8 Å². The molecule has 2 aliphatic heterocycles. The monoisotopic (exact) mass is 1420 g/mol. The molecule has 0 radical (unpaired) electrons. The van der Waals surface area contributed by atoms with E-state index in [0.29, 0.717) is 28.2 Å². The second-order valence-electron chi connectivity index (χ2n) is 29.2. The van der Waals surface area contributed by atoms with Crippen LogP contribution in [0.2, 0.25) is 36.3 Å². The topological polar surface area (TPSA) is 333 Å². The predicted molar refractivity (Wildman–Crippen MR) is 381 cm³/mol. The summed E-state index contributed by atoms with van der Waals surface area (Å²) in [6.07, 6.45) is -3.34. The minimum atomic E-state index is -2.72. The normalized spacial score (nSPS) is 21.2.